The van der Waals surface area contributed by atoms with Crippen LogP contribution < -0.4 is 10.5 Å². The van der Waals surface area contributed by atoms with Crippen molar-refractivity contribution in [2.24, 2.45) is 0 Å². The molecule has 0 aliphatic carbocycles. The molecule has 0 atom stereocenters. The summed E-state index contributed by atoms with van der Waals surface area (Å²) >= 11 is 15.3. The van der Waals surface area contributed by atoms with Gasteiger partial charge in [-0.25, -0.2) is 0 Å². The number of benzene rings is 2. The topological polar surface area (TPSA) is 35.2 Å². The van der Waals surface area contributed by atoms with E-state index in [1.165, 1.54) is 0 Å². The number of hydrogen-bond donors (Lipinski definition) is 1. The van der Waals surface area contributed by atoms with Gasteiger partial charge in [-0.3, -0.25) is 0 Å². The van der Waals surface area contributed by atoms with Crippen LogP contribution in [0.1, 0.15) is 5.56 Å². The molecule has 0 saturated heterocycles. The van der Waals surface area contributed by atoms with Crippen molar-refractivity contribution in [3.8, 4) is 5.75 Å². The molecular formula is C13H10BrCl2NO. The molecule has 2 aromatic carbocycles. The summed E-state index contributed by atoms with van der Waals surface area (Å²) < 4.78 is 6.36. The SMILES string of the molecule is Nc1ccc(COc2cc(Cl)c(Br)cc2Cl)cc1. The largest absolute Gasteiger partial charge is 0.487 e. The van der Waals surface area contributed by atoms with Crippen LogP contribution >= 0.6 is 39.1 Å². The van der Waals surface area contributed by atoms with Crippen molar-refractivity contribution in [1.82, 2.24) is 0 Å². The monoisotopic (exact) mass is 345 g/mol. The lowest BCUT2D eigenvalue weighted by atomic mass is 10.2. The molecule has 94 valence electrons. The first kappa shape index (κ1) is 13.5. The van der Waals surface area contributed by atoms with Crippen molar-refractivity contribution in [2.45, 2.75) is 6.61 Å². The fourth-order valence-electron chi connectivity index (χ4n) is 1.39. The number of rotatable bonds is 3. The average molecular weight is 347 g/mol. The molecule has 0 aromatic heterocycles. The highest BCUT2D eigenvalue weighted by molar-refractivity contribution is 9.10. The maximum Gasteiger partial charge on any atom is 0.139 e. The minimum Gasteiger partial charge on any atom is -0.487 e. The molecule has 18 heavy (non-hydrogen) atoms. The van der Waals surface area contributed by atoms with Crippen LogP contribution in [0.2, 0.25) is 10.0 Å². The van der Waals surface area contributed by atoms with E-state index in [2.05, 4.69) is 15.9 Å². The van der Waals surface area contributed by atoms with Crippen LogP contribution in [0, 0.1) is 0 Å². The number of nitrogen functional groups attached to an aromatic ring is 1. The summed E-state index contributed by atoms with van der Waals surface area (Å²) in [6.07, 6.45) is 0. The lowest BCUT2D eigenvalue weighted by Crippen LogP contribution is -1.96. The van der Waals surface area contributed by atoms with E-state index >= 15 is 0 Å². The van der Waals surface area contributed by atoms with Gasteiger partial charge in [0.1, 0.15) is 12.4 Å². The first-order valence-corrected chi connectivity index (χ1v) is 6.73. The lowest BCUT2D eigenvalue weighted by Gasteiger charge is -2.09. The molecule has 2 nitrogen and oxygen atoms in total. The quantitative estimate of drug-likeness (QED) is 0.632. The van der Waals surface area contributed by atoms with Gasteiger partial charge in [0.05, 0.1) is 10.0 Å². The molecular weight excluding hydrogens is 337 g/mol. The summed E-state index contributed by atoms with van der Waals surface area (Å²) in [7, 11) is 0. The van der Waals surface area contributed by atoms with E-state index in [0.717, 1.165) is 15.7 Å². The third-order valence-electron chi connectivity index (χ3n) is 2.35. The Morgan fingerprint density at radius 1 is 1.06 bits per heavy atom. The summed E-state index contributed by atoms with van der Waals surface area (Å²) in [5, 5.41) is 1.08. The van der Waals surface area contributed by atoms with Crippen molar-refractivity contribution >= 4 is 44.8 Å². The van der Waals surface area contributed by atoms with E-state index in [1.54, 1.807) is 12.1 Å². The van der Waals surface area contributed by atoms with Crippen molar-refractivity contribution in [3.63, 3.8) is 0 Å². The van der Waals surface area contributed by atoms with Crippen LogP contribution in [0.3, 0.4) is 0 Å². The summed E-state index contributed by atoms with van der Waals surface area (Å²) in [6, 6.07) is 10.9. The number of anilines is 1. The van der Waals surface area contributed by atoms with Crippen molar-refractivity contribution in [3.05, 3.63) is 56.5 Å². The molecule has 0 unspecified atom stereocenters. The molecule has 0 amide bonds. The second-order valence-corrected chi connectivity index (χ2v) is 5.40. The maximum atomic E-state index is 6.06. The van der Waals surface area contributed by atoms with Gasteiger partial charge in [-0.05, 0) is 39.7 Å². The van der Waals surface area contributed by atoms with Crippen LogP contribution in [0.5, 0.6) is 5.75 Å². The zero-order chi connectivity index (χ0) is 13.1. The second-order valence-electron chi connectivity index (χ2n) is 3.73. The Morgan fingerprint density at radius 2 is 1.72 bits per heavy atom. The van der Waals surface area contributed by atoms with Crippen LogP contribution in [0.4, 0.5) is 5.69 Å². The van der Waals surface area contributed by atoms with Gasteiger partial charge >= 0.3 is 0 Å². The van der Waals surface area contributed by atoms with Gasteiger partial charge in [-0.1, -0.05) is 35.3 Å². The van der Waals surface area contributed by atoms with Gasteiger partial charge in [0.15, 0.2) is 0 Å². The van der Waals surface area contributed by atoms with Crippen molar-refractivity contribution < 1.29 is 4.74 Å². The van der Waals surface area contributed by atoms with E-state index in [9.17, 15) is 0 Å². The maximum absolute atomic E-state index is 6.06. The minimum atomic E-state index is 0.415. The van der Waals surface area contributed by atoms with Crippen LogP contribution in [-0.4, -0.2) is 0 Å². The third-order valence-corrected chi connectivity index (χ3v) is 3.84. The Balaban J connectivity index is 2.10. The van der Waals surface area contributed by atoms with Crippen molar-refractivity contribution in [1.29, 1.82) is 0 Å². The molecule has 0 heterocycles. The van der Waals surface area contributed by atoms with Gasteiger partial charge in [-0.2, -0.15) is 0 Å². The fraction of sp³-hybridized carbons (Fsp3) is 0.0769. The van der Waals surface area contributed by atoms with Gasteiger partial charge in [0.2, 0.25) is 0 Å². The van der Waals surface area contributed by atoms with Crippen molar-refractivity contribution in [2.75, 3.05) is 5.73 Å². The molecule has 5 heteroatoms. The summed E-state index contributed by atoms with van der Waals surface area (Å²) in [5.74, 6) is 0.557. The molecule has 0 spiro atoms. The summed E-state index contributed by atoms with van der Waals surface area (Å²) in [6.45, 7) is 0.415. The third kappa shape index (κ3) is 3.31. The molecule has 0 fully saturated rings. The molecule has 0 radical (unpaired) electrons. The Morgan fingerprint density at radius 3 is 2.39 bits per heavy atom. The predicted molar refractivity (Wildman–Crippen MR) is 79.3 cm³/mol. The van der Waals surface area contributed by atoms with E-state index in [0.29, 0.717) is 22.4 Å². The summed E-state index contributed by atoms with van der Waals surface area (Å²) in [5.41, 5.74) is 7.35. The second kappa shape index (κ2) is 5.83. The first-order chi connectivity index (χ1) is 8.56. The van der Waals surface area contributed by atoms with Crippen LogP contribution in [-0.2, 0) is 6.61 Å². The predicted octanol–water partition coefficient (Wildman–Crippen LogP) is 4.92. The van der Waals surface area contributed by atoms with Gasteiger partial charge < -0.3 is 10.5 Å². The van der Waals surface area contributed by atoms with Gasteiger partial charge in [0, 0.05) is 16.2 Å². The van der Waals surface area contributed by atoms with E-state index in [1.807, 2.05) is 24.3 Å². The van der Waals surface area contributed by atoms with E-state index < -0.39 is 0 Å². The lowest BCUT2D eigenvalue weighted by molar-refractivity contribution is 0.306. The van der Waals surface area contributed by atoms with Crippen LogP contribution in [0.15, 0.2) is 40.9 Å². The fourth-order valence-corrected chi connectivity index (χ4v) is 2.24. The highest BCUT2D eigenvalue weighted by Crippen LogP contribution is 2.34. The molecule has 0 aliphatic rings. The van der Waals surface area contributed by atoms with Gasteiger partial charge in [0.25, 0.3) is 0 Å². The number of hydrogen-bond acceptors (Lipinski definition) is 2. The Labute approximate surface area is 124 Å². The smallest absolute Gasteiger partial charge is 0.139 e. The highest BCUT2D eigenvalue weighted by atomic mass is 79.9. The minimum absolute atomic E-state index is 0.415. The Bertz CT molecular complexity index is 558. The molecule has 2 N–H and O–H groups in total. The zero-order valence-corrected chi connectivity index (χ0v) is 12.4. The Kier molecular flexibility index (Phi) is 4.38. The zero-order valence-electron chi connectivity index (χ0n) is 9.29. The van der Waals surface area contributed by atoms with Crippen LogP contribution in [0.25, 0.3) is 0 Å². The number of halogens is 3. The average Bonchev–Trinajstić information content (AvgIpc) is 2.34. The van der Waals surface area contributed by atoms with E-state index in [-0.39, 0.29) is 0 Å². The number of ether oxygens (including phenoxy) is 1. The first-order valence-electron chi connectivity index (χ1n) is 5.18. The molecule has 2 aromatic rings. The molecule has 0 bridgehead atoms. The highest BCUT2D eigenvalue weighted by Gasteiger charge is 2.07. The summed E-state index contributed by atoms with van der Waals surface area (Å²) in [4.78, 5) is 0. The number of nitrogens with two attached hydrogens (primary N) is 1. The molecule has 0 aliphatic heterocycles. The van der Waals surface area contributed by atoms with E-state index in [4.69, 9.17) is 33.7 Å². The molecule has 2 rings (SSSR count). The van der Waals surface area contributed by atoms with Gasteiger partial charge in [-0.15, -0.1) is 0 Å². The normalized spacial score (nSPS) is 10.4. The Hall–Kier alpha value is -0.900. The standard InChI is InChI=1S/C13H10BrCl2NO/c14-10-5-12(16)13(6-11(10)15)18-7-8-1-3-9(17)4-2-8/h1-6H,7,17H2. The molecule has 0 saturated carbocycles.